The van der Waals surface area contributed by atoms with E-state index >= 15 is 0 Å². The van der Waals surface area contributed by atoms with Crippen molar-refractivity contribution in [2.45, 2.75) is 52.2 Å². The van der Waals surface area contributed by atoms with Crippen molar-refractivity contribution in [1.29, 1.82) is 5.26 Å². The molecular weight excluding hydrogens is 320 g/mol. The van der Waals surface area contributed by atoms with E-state index in [4.69, 9.17) is 10.1 Å². The van der Waals surface area contributed by atoms with E-state index in [0.717, 1.165) is 36.7 Å². The van der Waals surface area contributed by atoms with E-state index in [1.165, 1.54) is 0 Å². The molecular formula is C17H27N6O2+. The molecule has 1 aliphatic rings. The predicted molar refractivity (Wildman–Crippen MR) is 91.9 cm³/mol. The lowest BCUT2D eigenvalue weighted by molar-refractivity contribution is -0.949. The van der Waals surface area contributed by atoms with Crippen LogP contribution in [0.25, 0.3) is 0 Å². The molecule has 8 heteroatoms. The van der Waals surface area contributed by atoms with Gasteiger partial charge in [0.2, 0.25) is 0 Å². The van der Waals surface area contributed by atoms with E-state index in [-0.39, 0.29) is 11.6 Å². The predicted octanol–water partition coefficient (Wildman–Crippen LogP) is 2.74. The number of hydrogen-bond donors (Lipinski definition) is 1. The summed E-state index contributed by atoms with van der Waals surface area (Å²) in [6, 6.07) is 5.71. The van der Waals surface area contributed by atoms with Crippen molar-refractivity contribution in [3.63, 3.8) is 0 Å². The number of nitrogens with zero attached hydrogens (tertiary/aromatic N) is 6. The summed E-state index contributed by atoms with van der Waals surface area (Å²) in [4.78, 5) is 12.8. The van der Waals surface area contributed by atoms with E-state index in [2.05, 4.69) is 21.2 Å². The largest absolute Gasteiger partial charge is 0.356 e. The molecule has 2 rings (SSSR count). The van der Waals surface area contributed by atoms with Gasteiger partial charge in [-0.15, -0.1) is 5.01 Å². The molecule has 2 heterocycles. The van der Waals surface area contributed by atoms with Gasteiger partial charge in [0.05, 0.1) is 17.6 Å². The number of nitriles is 1. The standard InChI is InChI=1S/C17H27N6O2/c1-5-22(17(2,3)4)23(24)20-25-15-8-10-21(11-9-15)16-7-6-14(12-18)13-19-16/h6-7,13,15H,5,8-11H2,1-4H3,(H,20,24)/q+1. The number of anilines is 1. The molecule has 0 saturated carbocycles. The fraction of sp³-hybridized carbons (Fsp3) is 0.647. The average molecular weight is 347 g/mol. The summed E-state index contributed by atoms with van der Waals surface area (Å²) >= 11 is 0. The Morgan fingerprint density at radius 1 is 1.44 bits per heavy atom. The minimum absolute atomic E-state index is 0.0389. The van der Waals surface area contributed by atoms with Gasteiger partial charge in [0.25, 0.3) is 10.2 Å². The fourth-order valence-electron chi connectivity index (χ4n) is 2.85. The van der Waals surface area contributed by atoms with Gasteiger partial charge in [0.15, 0.2) is 0 Å². The third kappa shape index (κ3) is 4.95. The van der Waals surface area contributed by atoms with Gasteiger partial charge in [0.1, 0.15) is 18.0 Å². The Morgan fingerprint density at radius 3 is 2.60 bits per heavy atom. The molecule has 0 bridgehead atoms. The minimum atomic E-state index is -0.249. The summed E-state index contributed by atoms with van der Waals surface area (Å²) in [5.74, 6) is 0.864. The highest BCUT2D eigenvalue weighted by atomic mass is 16.7. The Bertz CT molecular complexity index is 624. The SMILES string of the molecule is CCN(/[N+](O)=N/OC1CCN(c2ccc(C#N)cn2)CC1)C(C)(C)C. The zero-order valence-corrected chi connectivity index (χ0v) is 15.4. The Kier molecular flexibility index (Phi) is 6.02. The molecule has 0 radical (unpaired) electrons. The summed E-state index contributed by atoms with van der Waals surface area (Å²) in [6.45, 7) is 10.2. The second-order valence-corrected chi connectivity index (χ2v) is 7.05. The number of rotatable bonds is 5. The molecule has 1 aromatic rings. The molecule has 25 heavy (non-hydrogen) atoms. The zero-order valence-electron chi connectivity index (χ0n) is 15.4. The van der Waals surface area contributed by atoms with Crippen molar-refractivity contribution in [1.82, 2.24) is 9.99 Å². The maximum absolute atomic E-state index is 10.1. The van der Waals surface area contributed by atoms with Gasteiger partial charge in [0, 0.05) is 32.1 Å². The molecule has 136 valence electrons. The van der Waals surface area contributed by atoms with Gasteiger partial charge < -0.3 is 9.74 Å². The summed E-state index contributed by atoms with van der Waals surface area (Å²) in [6.07, 6.45) is 3.13. The van der Waals surface area contributed by atoms with Gasteiger partial charge in [-0.05, 0) is 39.8 Å². The number of hydrazine groups is 1. The molecule has 0 aromatic carbocycles. The van der Waals surface area contributed by atoms with Crippen molar-refractivity contribution < 1.29 is 15.0 Å². The quantitative estimate of drug-likeness (QED) is 0.500. The Labute approximate surface area is 148 Å². The molecule has 1 saturated heterocycles. The zero-order chi connectivity index (χ0) is 18.4. The number of pyridine rings is 1. The smallest absolute Gasteiger partial charge is 0.274 e. The average Bonchev–Trinajstić information content (AvgIpc) is 2.60. The van der Waals surface area contributed by atoms with E-state index in [1.54, 1.807) is 17.3 Å². The van der Waals surface area contributed by atoms with E-state index < -0.39 is 0 Å². The van der Waals surface area contributed by atoms with E-state index in [1.807, 2.05) is 33.8 Å². The summed E-state index contributed by atoms with van der Waals surface area (Å²) < 4.78 is 0. The monoisotopic (exact) mass is 347 g/mol. The molecule has 1 N–H and O–H groups in total. The third-order valence-electron chi connectivity index (χ3n) is 4.20. The molecule has 0 aliphatic carbocycles. The molecule has 0 spiro atoms. The second kappa shape index (κ2) is 8.01. The van der Waals surface area contributed by atoms with Gasteiger partial charge >= 0.3 is 0 Å². The van der Waals surface area contributed by atoms with Crippen LogP contribution in [0.5, 0.6) is 0 Å². The van der Waals surface area contributed by atoms with E-state index in [0.29, 0.717) is 12.1 Å². The molecule has 1 aromatic heterocycles. The van der Waals surface area contributed by atoms with Crippen LogP contribution in [-0.2, 0) is 4.84 Å². The highest BCUT2D eigenvalue weighted by Gasteiger charge is 2.32. The van der Waals surface area contributed by atoms with Crippen LogP contribution in [0.15, 0.2) is 23.6 Å². The van der Waals surface area contributed by atoms with Crippen molar-refractivity contribution in [2.75, 3.05) is 24.5 Å². The lowest BCUT2D eigenvalue weighted by atomic mass is 10.1. The van der Waals surface area contributed by atoms with Crippen LogP contribution in [0.1, 0.15) is 46.1 Å². The first kappa shape index (κ1) is 18.8. The van der Waals surface area contributed by atoms with Gasteiger partial charge in [-0.1, -0.05) is 0 Å². The van der Waals surface area contributed by atoms with Crippen LogP contribution in [0.3, 0.4) is 0 Å². The van der Waals surface area contributed by atoms with Crippen molar-refractivity contribution in [3.8, 4) is 6.07 Å². The second-order valence-electron chi connectivity index (χ2n) is 7.05. The lowest BCUT2D eigenvalue weighted by Gasteiger charge is -2.31. The van der Waals surface area contributed by atoms with E-state index in [9.17, 15) is 5.21 Å². The molecule has 1 fully saturated rings. The molecule has 1 aliphatic heterocycles. The van der Waals surface area contributed by atoms with Gasteiger partial charge in [-0.2, -0.15) is 5.26 Å². The Hall–Kier alpha value is -2.56. The number of hydrogen-bond acceptors (Lipinski definition) is 5. The van der Waals surface area contributed by atoms with Gasteiger partial charge in [-0.25, -0.2) is 10.2 Å². The van der Waals surface area contributed by atoms with Crippen LogP contribution in [-0.4, -0.2) is 51.4 Å². The van der Waals surface area contributed by atoms with Gasteiger partial charge in [-0.3, -0.25) is 0 Å². The topological polar surface area (TPSA) is 88.0 Å². The van der Waals surface area contributed by atoms with Crippen molar-refractivity contribution in [3.05, 3.63) is 23.9 Å². The molecule has 0 unspecified atom stereocenters. The molecule has 0 atom stereocenters. The number of piperidine rings is 1. The maximum atomic E-state index is 10.1. The first-order valence-electron chi connectivity index (χ1n) is 8.59. The minimum Gasteiger partial charge on any atom is -0.356 e. The highest BCUT2D eigenvalue weighted by molar-refractivity contribution is 5.42. The van der Waals surface area contributed by atoms with Crippen LogP contribution in [0.4, 0.5) is 5.82 Å². The van der Waals surface area contributed by atoms with Crippen LogP contribution in [0, 0.1) is 11.3 Å². The van der Waals surface area contributed by atoms with Crippen LogP contribution in [0.2, 0.25) is 0 Å². The summed E-state index contributed by atoms with van der Waals surface area (Å²) in [5.41, 5.74) is 0.309. The summed E-state index contributed by atoms with van der Waals surface area (Å²) in [5, 5.41) is 24.5. The Balaban J connectivity index is 1.87. The van der Waals surface area contributed by atoms with Crippen LogP contribution < -0.4 is 4.90 Å². The first-order valence-corrected chi connectivity index (χ1v) is 8.59. The normalized spacial score (nSPS) is 16.4. The molecule has 8 nitrogen and oxygen atoms in total. The number of aromatic nitrogens is 1. The Morgan fingerprint density at radius 2 is 2.12 bits per heavy atom. The third-order valence-corrected chi connectivity index (χ3v) is 4.20. The summed E-state index contributed by atoms with van der Waals surface area (Å²) in [7, 11) is 0. The first-order chi connectivity index (χ1) is 11.8. The molecule has 0 amide bonds. The highest BCUT2D eigenvalue weighted by Crippen LogP contribution is 2.20. The lowest BCUT2D eigenvalue weighted by Crippen LogP contribution is -2.46. The van der Waals surface area contributed by atoms with Crippen molar-refractivity contribution >= 4 is 5.82 Å². The van der Waals surface area contributed by atoms with Crippen LogP contribution >= 0.6 is 0 Å². The fourth-order valence-corrected chi connectivity index (χ4v) is 2.85. The van der Waals surface area contributed by atoms with Crippen molar-refractivity contribution in [2.24, 2.45) is 5.28 Å². The maximum Gasteiger partial charge on any atom is 0.274 e.